The third-order valence-electron chi connectivity index (χ3n) is 9.93. The smallest absolute Gasteiger partial charge is 0.472 e. The topological polar surface area (TPSA) is 169 Å². The Morgan fingerprint density at radius 1 is 0.552 bits per heavy atom. The number of hydrogen-bond acceptors (Lipinski definition) is 8. The van der Waals surface area contributed by atoms with E-state index in [1.54, 1.807) is 0 Å². The number of ether oxygens (including phenoxy) is 1. The number of unbranched alkanes of at least 4 members (excludes halogenated alkanes) is 23. The fraction of sp³-hybridized carbons (Fsp3) is 0.804. The molecule has 12 heteroatoms. The minimum atomic E-state index is -4.76. The Morgan fingerprint density at radius 3 is 1.45 bits per heavy atom. The number of phosphoric acid groups is 1. The first-order chi connectivity index (χ1) is 28.1. The molecule has 0 saturated heterocycles. The van der Waals surface area contributed by atoms with Crippen molar-refractivity contribution < 1.29 is 47.8 Å². The van der Waals surface area contributed by atoms with Gasteiger partial charge in [-0.05, 0) is 51.4 Å². The van der Waals surface area contributed by atoms with E-state index in [9.17, 15) is 34.1 Å². The molecule has 4 N–H and O–H groups in total. The molecule has 0 fully saturated rings. The van der Waals surface area contributed by atoms with Crippen molar-refractivity contribution in [3.8, 4) is 0 Å². The van der Waals surface area contributed by atoms with Crippen LogP contribution in [0.25, 0.3) is 0 Å². The van der Waals surface area contributed by atoms with Crippen LogP contribution in [0.4, 0.5) is 0 Å². The molecule has 0 rings (SSSR count). The molecule has 0 aromatic rings. The summed E-state index contributed by atoms with van der Waals surface area (Å²) in [5, 5.41) is 21.8. The van der Waals surface area contributed by atoms with Gasteiger partial charge in [-0.1, -0.05) is 179 Å². The van der Waals surface area contributed by atoms with E-state index in [-0.39, 0.29) is 12.8 Å². The van der Waals surface area contributed by atoms with Gasteiger partial charge in [-0.15, -0.1) is 0 Å². The van der Waals surface area contributed by atoms with Gasteiger partial charge in [0.15, 0.2) is 6.04 Å². The molecular formula is C46H84NO10P. The van der Waals surface area contributed by atoms with Crippen LogP contribution in [-0.4, -0.2) is 64.9 Å². The molecule has 0 heterocycles. The predicted octanol–water partition coefficient (Wildman–Crippen LogP) is 12.0. The van der Waals surface area contributed by atoms with Crippen LogP contribution in [-0.2, 0) is 32.7 Å². The SMILES string of the molecule is CCCCC/C=C\C/C=C\C/C=C\CCCCCCCCCCC(=O)OCC(O)COP(=O)(O)OCC(NC(=O)CCCCCCCCCCCCCCC)C(=O)O. The van der Waals surface area contributed by atoms with Gasteiger partial charge in [-0.2, -0.15) is 0 Å². The molecule has 0 saturated carbocycles. The molecule has 0 aromatic heterocycles. The van der Waals surface area contributed by atoms with E-state index in [4.69, 9.17) is 13.8 Å². The lowest BCUT2D eigenvalue weighted by atomic mass is 10.0. The first-order valence-electron chi connectivity index (χ1n) is 23.0. The molecule has 0 bridgehead atoms. The number of carboxylic acid groups (broad SMARTS) is 1. The predicted molar refractivity (Wildman–Crippen MR) is 236 cm³/mol. The highest BCUT2D eigenvalue weighted by atomic mass is 31.2. The maximum Gasteiger partial charge on any atom is 0.472 e. The standard InChI is InChI=1S/C46H84NO10P/c1-3-5-7-9-11-13-15-17-18-19-20-21-22-23-24-26-28-30-32-34-36-38-45(50)55-39-42(48)40-56-58(53,54)57-41-43(46(51)52)47-44(49)37-35-33-31-29-27-25-16-14-12-10-8-6-4-2/h11,13,17-18,20-21,42-43,48H,3-10,12,14-16,19,22-41H2,1-2H3,(H,47,49)(H,51,52)(H,53,54)/b13-11-,18-17-,21-20-. The Labute approximate surface area is 352 Å². The second-order valence-corrected chi connectivity index (χ2v) is 17.0. The maximum atomic E-state index is 12.3. The number of amides is 1. The van der Waals surface area contributed by atoms with Gasteiger partial charge < -0.3 is 25.2 Å². The van der Waals surface area contributed by atoms with Crippen LogP contribution in [0.5, 0.6) is 0 Å². The van der Waals surface area contributed by atoms with E-state index in [1.165, 1.54) is 109 Å². The molecule has 338 valence electrons. The van der Waals surface area contributed by atoms with Crippen LogP contribution < -0.4 is 5.32 Å². The maximum absolute atomic E-state index is 12.3. The van der Waals surface area contributed by atoms with Crippen molar-refractivity contribution in [3.63, 3.8) is 0 Å². The number of rotatable bonds is 43. The van der Waals surface area contributed by atoms with Crippen molar-refractivity contribution >= 4 is 25.7 Å². The van der Waals surface area contributed by atoms with E-state index in [1.807, 2.05) is 0 Å². The number of carbonyl (C=O) groups is 3. The van der Waals surface area contributed by atoms with Crippen molar-refractivity contribution in [1.29, 1.82) is 0 Å². The molecule has 3 unspecified atom stereocenters. The molecule has 1 amide bonds. The van der Waals surface area contributed by atoms with Crippen LogP contribution >= 0.6 is 7.82 Å². The third kappa shape index (κ3) is 40.5. The number of esters is 1. The first-order valence-corrected chi connectivity index (χ1v) is 24.5. The number of aliphatic hydroxyl groups excluding tert-OH is 1. The lowest BCUT2D eigenvalue weighted by Gasteiger charge is -2.18. The van der Waals surface area contributed by atoms with Gasteiger partial charge in [0, 0.05) is 12.8 Å². The lowest BCUT2D eigenvalue weighted by molar-refractivity contribution is -0.147. The number of hydrogen-bond donors (Lipinski definition) is 4. The average Bonchev–Trinajstić information content (AvgIpc) is 3.20. The van der Waals surface area contributed by atoms with Crippen molar-refractivity contribution in [3.05, 3.63) is 36.5 Å². The van der Waals surface area contributed by atoms with Gasteiger partial charge in [-0.25, -0.2) is 9.36 Å². The van der Waals surface area contributed by atoms with Gasteiger partial charge in [-0.3, -0.25) is 18.6 Å². The summed E-state index contributed by atoms with van der Waals surface area (Å²) in [4.78, 5) is 45.9. The number of aliphatic carboxylic acids is 1. The molecule has 0 spiro atoms. The van der Waals surface area contributed by atoms with Gasteiger partial charge in [0.2, 0.25) is 5.91 Å². The summed E-state index contributed by atoms with van der Waals surface area (Å²) in [5.74, 6) is -2.37. The van der Waals surface area contributed by atoms with Crippen LogP contribution in [0.3, 0.4) is 0 Å². The van der Waals surface area contributed by atoms with E-state index in [2.05, 4.69) is 55.6 Å². The molecule has 0 aliphatic heterocycles. The number of allylic oxidation sites excluding steroid dienone is 6. The van der Waals surface area contributed by atoms with E-state index in [0.29, 0.717) is 12.8 Å². The summed E-state index contributed by atoms with van der Waals surface area (Å²) in [5.41, 5.74) is 0. The van der Waals surface area contributed by atoms with E-state index >= 15 is 0 Å². The van der Waals surface area contributed by atoms with Crippen LogP contribution in [0, 0.1) is 0 Å². The summed E-state index contributed by atoms with van der Waals surface area (Å²) in [6, 6.07) is -1.54. The van der Waals surface area contributed by atoms with Crippen LogP contribution in [0.2, 0.25) is 0 Å². The molecule has 3 atom stereocenters. The minimum Gasteiger partial charge on any atom is -0.480 e. The summed E-state index contributed by atoms with van der Waals surface area (Å²) in [7, 11) is -4.76. The normalized spacial score (nSPS) is 14.0. The highest BCUT2D eigenvalue weighted by molar-refractivity contribution is 7.47. The zero-order chi connectivity index (χ0) is 42.8. The number of nitrogens with one attached hydrogen (secondary N) is 1. The first kappa shape index (κ1) is 55.7. The largest absolute Gasteiger partial charge is 0.480 e. The van der Waals surface area contributed by atoms with Crippen molar-refractivity contribution in [2.24, 2.45) is 0 Å². The quantitative estimate of drug-likeness (QED) is 0.0201. The highest BCUT2D eigenvalue weighted by Crippen LogP contribution is 2.43. The van der Waals surface area contributed by atoms with Gasteiger partial charge in [0.1, 0.15) is 12.7 Å². The molecular weight excluding hydrogens is 757 g/mol. The van der Waals surface area contributed by atoms with Gasteiger partial charge >= 0.3 is 19.8 Å². The molecule has 0 aliphatic carbocycles. The second kappa shape index (κ2) is 41.4. The van der Waals surface area contributed by atoms with Crippen LogP contribution in [0.15, 0.2) is 36.5 Å². The van der Waals surface area contributed by atoms with E-state index < -0.39 is 57.6 Å². The van der Waals surface area contributed by atoms with E-state index in [0.717, 1.165) is 57.8 Å². The van der Waals surface area contributed by atoms with Gasteiger partial charge in [0.05, 0.1) is 13.2 Å². The summed E-state index contributed by atoms with van der Waals surface area (Å²) in [6.45, 7) is 2.56. The zero-order valence-corrected chi connectivity index (χ0v) is 37.5. The summed E-state index contributed by atoms with van der Waals surface area (Å²) >= 11 is 0. The fourth-order valence-corrected chi connectivity index (χ4v) is 7.09. The fourth-order valence-electron chi connectivity index (χ4n) is 6.32. The minimum absolute atomic E-state index is 0.148. The molecule has 0 aromatic carbocycles. The number of phosphoric ester groups is 1. The van der Waals surface area contributed by atoms with Gasteiger partial charge in [0.25, 0.3) is 0 Å². The molecule has 11 nitrogen and oxygen atoms in total. The Kier molecular flexibility index (Phi) is 39.8. The Bertz CT molecular complexity index is 1130. The van der Waals surface area contributed by atoms with Crippen LogP contribution in [0.1, 0.15) is 206 Å². The number of carboxylic acids is 1. The monoisotopic (exact) mass is 842 g/mol. The van der Waals surface area contributed by atoms with Crippen molar-refractivity contribution in [2.45, 2.75) is 219 Å². The number of aliphatic hydroxyl groups is 1. The Balaban J connectivity index is 3.86. The molecule has 0 radical (unpaired) electrons. The number of carbonyl (C=O) groups excluding carboxylic acids is 2. The second-order valence-electron chi connectivity index (χ2n) is 15.6. The van der Waals surface area contributed by atoms with Crippen molar-refractivity contribution in [2.75, 3.05) is 19.8 Å². The van der Waals surface area contributed by atoms with Crippen molar-refractivity contribution in [1.82, 2.24) is 5.32 Å². The third-order valence-corrected chi connectivity index (χ3v) is 10.9. The Hall–Kier alpha value is -2.30. The lowest BCUT2D eigenvalue weighted by Crippen LogP contribution is -2.43. The zero-order valence-electron chi connectivity index (χ0n) is 36.6. The Morgan fingerprint density at radius 2 is 0.948 bits per heavy atom. The average molecular weight is 842 g/mol. The highest BCUT2D eigenvalue weighted by Gasteiger charge is 2.28. The molecule has 58 heavy (non-hydrogen) atoms. The summed E-state index contributed by atoms with van der Waals surface area (Å²) in [6.07, 6.45) is 44.5. The summed E-state index contributed by atoms with van der Waals surface area (Å²) < 4.78 is 26.9. The molecule has 0 aliphatic rings.